The molecule has 0 saturated carbocycles. The molecule has 101 heavy (non-hydrogen) atoms. The number of halogens is 3. The number of amides is 7. The van der Waals surface area contributed by atoms with Gasteiger partial charge in [-0.05, 0) is 103 Å². The number of aliphatic carboxylic acids is 1. The zero-order valence-corrected chi connectivity index (χ0v) is 56.1. The van der Waals surface area contributed by atoms with Gasteiger partial charge in [0.2, 0.25) is 53.4 Å². The maximum absolute atomic E-state index is 16.0. The van der Waals surface area contributed by atoms with Crippen molar-refractivity contribution in [2.24, 2.45) is 23.1 Å². The van der Waals surface area contributed by atoms with E-state index < -0.39 is 237 Å². The van der Waals surface area contributed by atoms with Crippen molar-refractivity contribution in [3.05, 3.63) is 117 Å². The minimum Gasteiger partial charge on any atom is -0.508 e. The Morgan fingerprint density at radius 3 is 1.89 bits per heavy atom. The fourth-order valence-electron chi connectivity index (χ4n) is 12.3. The second-order valence-electron chi connectivity index (χ2n) is 25.5. The lowest BCUT2D eigenvalue weighted by molar-refractivity contribution is -0.333. The third-order valence-corrected chi connectivity index (χ3v) is 18.1. The third-order valence-electron chi connectivity index (χ3n) is 17.5. The molecule has 7 amide bonds. The summed E-state index contributed by atoms with van der Waals surface area (Å²) in [6.45, 7) is 5.53. The number of fused-ring (bicyclic) bond motifs is 15. The largest absolute Gasteiger partial charge is 0.508 e. The third kappa shape index (κ3) is 16.2. The van der Waals surface area contributed by atoms with Gasteiger partial charge in [-0.15, -0.1) is 12.4 Å². The molecule has 5 aromatic rings. The van der Waals surface area contributed by atoms with Crippen molar-refractivity contribution in [1.29, 1.82) is 0 Å². The first-order valence-electron chi connectivity index (χ1n) is 31.2. The van der Waals surface area contributed by atoms with E-state index in [0.717, 1.165) is 66.7 Å². The van der Waals surface area contributed by atoms with E-state index in [1.807, 2.05) is 0 Å². The zero-order valence-electron chi connectivity index (χ0n) is 53.8. The van der Waals surface area contributed by atoms with Gasteiger partial charge in [0.15, 0.2) is 29.9 Å². The van der Waals surface area contributed by atoms with Crippen LogP contribution in [0.15, 0.2) is 78.9 Å². The van der Waals surface area contributed by atoms with Crippen molar-refractivity contribution >= 4 is 82.9 Å². The first-order chi connectivity index (χ1) is 47.1. The van der Waals surface area contributed by atoms with Crippen molar-refractivity contribution in [2.45, 2.75) is 156 Å². The van der Waals surface area contributed by atoms with Gasteiger partial charge in [0, 0.05) is 34.7 Å². The van der Waals surface area contributed by atoms with Crippen LogP contribution in [0.2, 0.25) is 10.0 Å². The number of ether oxygens (including phenoxy) is 6. The summed E-state index contributed by atoms with van der Waals surface area (Å²) >= 11 is 14.1. The highest BCUT2D eigenvalue weighted by molar-refractivity contribution is 6.32. The molecule has 2 saturated heterocycles. The Labute approximate surface area is 589 Å². The summed E-state index contributed by atoms with van der Waals surface area (Å²) in [6, 6.07) is -1.18. The number of benzene rings is 5. The summed E-state index contributed by atoms with van der Waals surface area (Å²) in [5.74, 6) is -16.3. The average Bonchev–Trinajstić information content (AvgIpc) is 0.769. The van der Waals surface area contributed by atoms with Gasteiger partial charge >= 0.3 is 5.97 Å². The van der Waals surface area contributed by atoms with E-state index in [1.54, 1.807) is 13.8 Å². The molecule has 0 radical (unpaired) electrons. The Bertz CT molecular complexity index is 4060. The number of primary amides is 1. The van der Waals surface area contributed by atoms with E-state index in [4.69, 9.17) is 68.8 Å². The minimum absolute atomic E-state index is 0. The number of carbonyl (C=O) groups excluding carboxylic acids is 7. The summed E-state index contributed by atoms with van der Waals surface area (Å²) in [6.07, 6.45) is -18.8. The van der Waals surface area contributed by atoms with Crippen molar-refractivity contribution in [3.8, 4) is 57.1 Å². The number of aliphatic hydroxyl groups is 6. The molecule has 12 rings (SSSR count). The molecular formula is C65H74Cl3N9O24. The average molecular weight is 1470 g/mol. The summed E-state index contributed by atoms with van der Waals surface area (Å²) in [5.41, 5.74) is 14.1. The normalized spacial score (nSPS) is 29.3. The lowest BCUT2D eigenvalue weighted by atomic mass is 9.86. The van der Waals surface area contributed by atoms with Crippen LogP contribution in [0.3, 0.4) is 0 Å². The maximum Gasteiger partial charge on any atom is 0.330 e. The number of hydrogen-bond acceptors (Lipinski definition) is 25. The topological polar surface area (TPSA) is 544 Å². The monoisotopic (exact) mass is 1470 g/mol. The Morgan fingerprint density at radius 2 is 1.31 bits per heavy atom. The number of phenolic OH excluding ortho intramolecular Hbond substituents is 3. The van der Waals surface area contributed by atoms with Gasteiger partial charge in [0.05, 0.1) is 41.3 Å². The van der Waals surface area contributed by atoms with Crippen LogP contribution >= 0.6 is 35.6 Å². The van der Waals surface area contributed by atoms with Crippen LogP contribution in [0.5, 0.6) is 46.0 Å². The molecular weight excluding hydrogens is 1400 g/mol. The highest BCUT2D eigenvalue weighted by atomic mass is 35.5. The molecule has 18 atom stereocenters. The van der Waals surface area contributed by atoms with Crippen molar-refractivity contribution in [3.63, 3.8) is 0 Å². The summed E-state index contributed by atoms with van der Waals surface area (Å²) in [5, 5.41) is 127. The number of nitrogens with one attached hydrogen (secondary N) is 6. The van der Waals surface area contributed by atoms with Crippen molar-refractivity contribution in [1.82, 2.24) is 31.9 Å². The minimum atomic E-state index is -2.35. The first kappa shape index (κ1) is 76.3. The molecule has 22 N–H and O–H groups in total. The number of phenols is 3. The SMILES string of the molecule is CC(C)CC(N)C(=O)NC1C(=O)NC(CC(N)=O)C(=O)NC2C(=O)NC3C(=O)NC(C(=O)NC(C(=O)O)c4cc(O)cc(O)c4-c4cc3ccc4O)C(O)c3ccc(c(Cl)c3)Oc3cc2cc(c3OC2OC(CO)C(O)C(O)C2OC2CC(C)(N)C(O)C(C)O2)Oc2ccc(cc2Cl)C1O.Cl. The van der Waals surface area contributed by atoms with E-state index in [2.05, 4.69) is 31.9 Å². The van der Waals surface area contributed by atoms with E-state index >= 15 is 14.4 Å². The molecule has 18 unspecified atom stereocenters. The van der Waals surface area contributed by atoms with Crippen molar-refractivity contribution < 1.29 is 118 Å². The highest BCUT2D eigenvalue weighted by Crippen LogP contribution is 2.50. The van der Waals surface area contributed by atoms with Crippen LogP contribution in [0.4, 0.5) is 0 Å². The number of aromatic hydroxyl groups is 3. The van der Waals surface area contributed by atoms with E-state index in [0.29, 0.717) is 0 Å². The molecule has 33 nitrogen and oxygen atoms in total. The van der Waals surface area contributed by atoms with Gasteiger partial charge in [-0.1, -0.05) is 55.2 Å². The molecule has 36 heteroatoms. The Morgan fingerprint density at radius 1 is 0.713 bits per heavy atom. The second-order valence-corrected chi connectivity index (χ2v) is 26.3. The Kier molecular flexibility index (Phi) is 23.2. The lowest BCUT2D eigenvalue weighted by Crippen LogP contribution is -2.64. The predicted molar refractivity (Wildman–Crippen MR) is 352 cm³/mol. The van der Waals surface area contributed by atoms with Crippen LogP contribution in [0.1, 0.15) is 105 Å². The van der Waals surface area contributed by atoms with Gasteiger partial charge < -0.3 is 129 Å². The summed E-state index contributed by atoms with van der Waals surface area (Å²) < 4.78 is 38.2. The molecule has 7 aliphatic rings. The number of aliphatic hydroxyl groups excluding tert-OH is 6. The molecule has 0 spiro atoms. The first-order valence-corrected chi connectivity index (χ1v) is 31.9. The van der Waals surface area contributed by atoms with Crippen LogP contribution < -0.4 is 63.3 Å². The molecule has 5 aromatic carbocycles. The molecule has 0 aromatic heterocycles. The molecule has 544 valence electrons. The molecule has 2 fully saturated rings. The van der Waals surface area contributed by atoms with Crippen LogP contribution in [0.25, 0.3) is 11.1 Å². The maximum atomic E-state index is 16.0. The van der Waals surface area contributed by atoms with Gasteiger partial charge in [-0.2, -0.15) is 0 Å². The zero-order chi connectivity index (χ0) is 72.8. The van der Waals surface area contributed by atoms with Gasteiger partial charge in [-0.3, -0.25) is 33.6 Å². The van der Waals surface area contributed by atoms with Crippen molar-refractivity contribution in [2.75, 3.05) is 6.61 Å². The van der Waals surface area contributed by atoms with Crippen LogP contribution in [-0.4, -0.2) is 184 Å². The highest BCUT2D eigenvalue weighted by Gasteiger charge is 2.51. The number of rotatable bonds is 12. The molecule has 7 heterocycles. The second kappa shape index (κ2) is 30.7. The fraction of sp³-hybridized carbons (Fsp3) is 0.415. The van der Waals surface area contributed by atoms with Crippen LogP contribution in [-0.2, 0) is 52.6 Å². The quantitative estimate of drug-likeness (QED) is 0.0797. The number of hydrogen-bond donors (Lipinski definition) is 19. The molecule has 11 bridgehead atoms. The smallest absolute Gasteiger partial charge is 0.330 e. The van der Waals surface area contributed by atoms with E-state index in [1.165, 1.54) is 26.0 Å². The fourth-order valence-corrected chi connectivity index (χ4v) is 12.7. The Balaban J connectivity index is 0.0000119. The number of carbonyl (C=O) groups is 8. The number of carboxylic acid groups (broad SMARTS) is 1. The Hall–Kier alpha value is -8.91. The van der Waals surface area contributed by atoms with Crippen LogP contribution in [0, 0.1) is 5.92 Å². The summed E-state index contributed by atoms with van der Waals surface area (Å²) in [7, 11) is 0. The molecule has 0 aliphatic carbocycles. The standard InChI is InChI=1S/C65H73Cl2N9O24.ClH/c1-22(2)11-33(68)57(87)75-48-50(82)25-6-9-37(31(66)13-25)96-39-15-27-16-40(54(39)100-64-55(53(85)52(84)41(21-77)98-64)99-43-20-65(4,70)56(86)23(3)95-43)97-38-10-7-26(14-32(38)67)51(83)49-62(92)74-47(63(93)94)30-17-28(78)18-36(80)44(30)29-12-24(5-8-35(29)79)45(59(89)76-49)73-60(90)46(27)72-58(88)34(19-42(69)81)71-61(48)91;/h5-10,12-18,22-23,33-34,41,43,45-53,55-56,64,77-80,82-86H,11,19-21,68,70H2,1-4H3,(H2,69,81)(H,71,91)(H,72,88)(H,73,90)(H,74,92)(H,75,87)(H,76,89)(H,93,94);1H. The van der Waals surface area contributed by atoms with E-state index in [-0.39, 0.29) is 58.6 Å². The predicted octanol–water partition coefficient (Wildman–Crippen LogP) is 0.267. The van der Waals surface area contributed by atoms with E-state index in [9.17, 15) is 75.0 Å². The molecule has 7 aliphatic heterocycles. The van der Waals surface area contributed by atoms with Gasteiger partial charge in [-0.25, -0.2) is 4.79 Å². The van der Waals surface area contributed by atoms with Gasteiger partial charge in [0.25, 0.3) is 0 Å². The summed E-state index contributed by atoms with van der Waals surface area (Å²) in [4.78, 5) is 116. The number of nitrogens with two attached hydrogens (primary N) is 3. The lowest BCUT2D eigenvalue weighted by Gasteiger charge is -2.47. The number of carboxylic acids is 1. The van der Waals surface area contributed by atoms with Gasteiger partial charge in [0.1, 0.15) is 89.5 Å².